The van der Waals surface area contributed by atoms with Crippen molar-refractivity contribution < 1.29 is 4.74 Å². The maximum Gasteiger partial charge on any atom is 0.164 e. The van der Waals surface area contributed by atoms with Crippen LogP contribution >= 0.6 is 15.9 Å². The molecule has 0 amide bonds. The summed E-state index contributed by atoms with van der Waals surface area (Å²) in [6.07, 6.45) is 3.70. The van der Waals surface area contributed by atoms with E-state index in [-0.39, 0.29) is 6.04 Å². The van der Waals surface area contributed by atoms with Crippen LogP contribution in [0.4, 0.5) is 5.82 Å². The molecule has 1 aromatic carbocycles. The van der Waals surface area contributed by atoms with E-state index in [0.29, 0.717) is 5.92 Å². The number of hydrogen-bond acceptors (Lipinski definition) is 5. The van der Waals surface area contributed by atoms with Gasteiger partial charge in [-0.1, -0.05) is 30.3 Å². The van der Waals surface area contributed by atoms with Gasteiger partial charge in [0.25, 0.3) is 0 Å². The Balaban J connectivity index is 1.68. The SMILES string of the molecule is Cn1nc(Br)c2c(NC(CC3CCOC3)c3ccccc3)ncnc21. The fourth-order valence-electron chi connectivity index (χ4n) is 3.38. The summed E-state index contributed by atoms with van der Waals surface area (Å²) in [4.78, 5) is 8.83. The Kier molecular flexibility index (Phi) is 4.67. The third-order valence-corrected chi connectivity index (χ3v) is 5.24. The number of rotatable bonds is 5. The van der Waals surface area contributed by atoms with Gasteiger partial charge >= 0.3 is 0 Å². The summed E-state index contributed by atoms with van der Waals surface area (Å²) in [5.74, 6) is 1.37. The number of halogens is 1. The van der Waals surface area contributed by atoms with Crippen molar-refractivity contribution in [3.8, 4) is 0 Å². The first-order chi connectivity index (χ1) is 12.2. The maximum atomic E-state index is 5.56. The monoisotopic (exact) mass is 401 g/mol. The van der Waals surface area contributed by atoms with Gasteiger partial charge in [-0.05, 0) is 40.3 Å². The molecule has 2 atom stereocenters. The Labute approximate surface area is 154 Å². The molecular weight excluding hydrogens is 382 g/mol. The lowest BCUT2D eigenvalue weighted by atomic mass is 9.94. The number of nitrogens with one attached hydrogen (secondary N) is 1. The fourth-order valence-corrected chi connectivity index (χ4v) is 3.98. The maximum absolute atomic E-state index is 5.56. The van der Waals surface area contributed by atoms with Gasteiger partial charge in [0.2, 0.25) is 0 Å². The van der Waals surface area contributed by atoms with Gasteiger partial charge in [-0.2, -0.15) is 5.10 Å². The highest BCUT2D eigenvalue weighted by Gasteiger charge is 2.23. The normalized spacial score (nSPS) is 18.6. The van der Waals surface area contributed by atoms with E-state index < -0.39 is 0 Å². The molecular formula is C18H20BrN5O. The molecule has 130 valence electrons. The molecule has 7 heteroatoms. The number of hydrogen-bond donors (Lipinski definition) is 1. The van der Waals surface area contributed by atoms with Gasteiger partial charge in [0.15, 0.2) is 5.65 Å². The number of anilines is 1. The zero-order valence-corrected chi connectivity index (χ0v) is 15.6. The van der Waals surface area contributed by atoms with E-state index in [1.165, 1.54) is 5.56 Å². The predicted octanol–water partition coefficient (Wildman–Crippen LogP) is 3.71. The highest BCUT2D eigenvalue weighted by atomic mass is 79.9. The van der Waals surface area contributed by atoms with Crippen LogP contribution in [0.3, 0.4) is 0 Å². The zero-order chi connectivity index (χ0) is 17.2. The Morgan fingerprint density at radius 2 is 2.16 bits per heavy atom. The second kappa shape index (κ2) is 7.09. The first kappa shape index (κ1) is 16.5. The zero-order valence-electron chi connectivity index (χ0n) is 14.0. The number of ether oxygens (including phenoxy) is 1. The molecule has 6 nitrogen and oxygen atoms in total. The quantitative estimate of drug-likeness (QED) is 0.705. The van der Waals surface area contributed by atoms with Crippen molar-refractivity contribution in [3.63, 3.8) is 0 Å². The highest BCUT2D eigenvalue weighted by molar-refractivity contribution is 9.10. The van der Waals surface area contributed by atoms with Gasteiger partial charge < -0.3 is 10.1 Å². The Bertz CT molecular complexity index is 861. The van der Waals surface area contributed by atoms with E-state index in [0.717, 1.165) is 47.5 Å². The van der Waals surface area contributed by atoms with Gasteiger partial charge in [0.1, 0.15) is 16.7 Å². The van der Waals surface area contributed by atoms with Crippen LogP contribution in [0.1, 0.15) is 24.4 Å². The lowest BCUT2D eigenvalue weighted by molar-refractivity contribution is 0.183. The highest BCUT2D eigenvalue weighted by Crippen LogP contribution is 2.33. The summed E-state index contributed by atoms with van der Waals surface area (Å²) in [7, 11) is 1.88. The number of benzene rings is 1. The van der Waals surface area contributed by atoms with E-state index in [1.54, 1.807) is 11.0 Å². The molecule has 1 aliphatic rings. The third-order valence-electron chi connectivity index (χ3n) is 4.68. The van der Waals surface area contributed by atoms with E-state index in [4.69, 9.17) is 4.74 Å². The molecule has 0 aliphatic carbocycles. The largest absolute Gasteiger partial charge is 0.381 e. The Hall–Kier alpha value is -1.99. The molecule has 1 aliphatic heterocycles. The van der Waals surface area contributed by atoms with Crippen molar-refractivity contribution in [3.05, 3.63) is 46.8 Å². The van der Waals surface area contributed by atoms with Crippen LogP contribution in [0.25, 0.3) is 11.0 Å². The van der Waals surface area contributed by atoms with Crippen LogP contribution in [-0.2, 0) is 11.8 Å². The molecule has 3 heterocycles. The summed E-state index contributed by atoms with van der Waals surface area (Å²) in [5, 5.41) is 8.95. The summed E-state index contributed by atoms with van der Waals surface area (Å²) >= 11 is 3.53. The minimum Gasteiger partial charge on any atom is -0.381 e. The predicted molar refractivity (Wildman–Crippen MR) is 100 cm³/mol. The van der Waals surface area contributed by atoms with Gasteiger partial charge in [-0.15, -0.1) is 0 Å². The molecule has 0 spiro atoms. The molecule has 25 heavy (non-hydrogen) atoms. The third kappa shape index (κ3) is 3.39. The van der Waals surface area contributed by atoms with Crippen molar-refractivity contribution in [2.75, 3.05) is 18.5 Å². The second-order valence-electron chi connectivity index (χ2n) is 6.41. The molecule has 2 aromatic heterocycles. The molecule has 0 radical (unpaired) electrons. The van der Waals surface area contributed by atoms with E-state index in [9.17, 15) is 0 Å². The van der Waals surface area contributed by atoms with Gasteiger partial charge in [-0.3, -0.25) is 0 Å². The van der Waals surface area contributed by atoms with Crippen LogP contribution in [0, 0.1) is 5.92 Å². The van der Waals surface area contributed by atoms with E-state index in [2.05, 4.69) is 60.6 Å². The molecule has 0 saturated carbocycles. The molecule has 3 aromatic rings. The average molecular weight is 402 g/mol. The standard InChI is InChI=1S/C18H20BrN5O/c1-24-18-15(16(19)23-24)17(20-11-21-18)22-14(9-12-7-8-25-10-12)13-5-3-2-4-6-13/h2-6,11-12,14H,7-10H2,1H3,(H,20,21,22). The number of aryl methyl sites for hydroxylation is 1. The minimum atomic E-state index is 0.165. The molecule has 0 bridgehead atoms. The lowest BCUT2D eigenvalue weighted by Crippen LogP contribution is -2.17. The molecule has 1 fully saturated rings. The van der Waals surface area contributed by atoms with Crippen LogP contribution in [-0.4, -0.2) is 33.0 Å². The number of nitrogens with zero attached hydrogens (tertiary/aromatic N) is 4. The van der Waals surface area contributed by atoms with Crippen molar-refractivity contribution >= 4 is 32.8 Å². The summed E-state index contributed by atoms with van der Waals surface area (Å²) < 4.78 is 8.07. The minimum absolute atomic E-state index is 0.165. The first-order valence-electron chi connectivity index (χ1n) is 8.45. The van der Waals surface area contributed by atoms with Gasteiger partial charge in [0.05, 0.1) is 11.4 Å². The summed E-state index contributed by atoms with van der Waals surface area (Å²) in [6, 6.07) is 10.7. The van der Waals surface area contributed by atoms with Gasteiger partial charge in [0, 0.05) is 20.3 Å². The summed E-state index contributed by atoms with van der Waals surface area (Å²) in [6.45, 7) is 1.69. The van der Waals surface area contributed by atoms with Crippen LogP contribution in [0.2, 0.25) is 0 Å². The Morgan fingerprint density at radius 3 is 2.92 bits per heavy atom. The molecule has 1 N–H and O–H groups in total. The average Bonchev–Trinajstić information content (AvgIpc) is 3.24. The molecule has 4 rings (SSSR count). The molecule has 2 unspecified atom stereocenters. The van der Waals surface area contributed by atoms with Crippen molar-refractivity contribution in [1.82, 2.24) is 19.7 Å². The number of aromatic nitrogens is 4. The van der Waals surface area contributed by atoms with E-state index >= 15 is 0 Å². The van der Waals surface area contributed by atoms with Crippen LogP contribution in [0.15, 0.2) is 41.3 Å². The van der Waals surface area contributed by atoms with Crippen molar-refractivity contribution in [2.24, 2.45) is 13.0 Å². The molecule has 1 saturated heterocycles. The van der Waals surface area contributed by atoms with Crippen molar-refractivity contribution in [2.45, 2.75) is 18.9 Å². The van der Waals surface area contributed by atoms with E-state index in [1.807, 2.05) is 13.1 Å². The summed E-state index contributed by atoms with van der Waals surface area (Å²) in [5.41, 5.74) is 2.06. The number of fused-ring (bicyclic) bond motifs is 1. The Morgan fingerprint density at radius 1 is 1.32 bits per heavy atom. The van der Waals surface area contributed by atoms with Crippen molar-refractivity contribution in [1.29, 1.82) is 0 Å². The van der Waals surface area contributed by atoms with Crippen LogP contribution in [0.5, 0.6) is 0 Å². The lowest BCUT2D eigenvalue weighted by Gasteiger charge is -2.22. The topological polar surface area (TPSA) is 64.9 Å². The second-order valence-corrected chi connectivity index (χ2v) is 7.16. The smallest absolute Gasteiger partial charge is 0.164 e. The van der Waals surface area contributed by atoms with Gasteiger partial charge in [-0.25, -0.2) is 14.6 Å². The fraction of sp³-hybridized carbons (Fsp3) is 0.389. The van der Waals surface area contributed by atoms with Crippen LogP contribution < -0.4 is 5.32 Å². The first-order valence-corrected chi connectivity index (χ1v) is 9.24.